The maximum absolute atomic E-state index is 13.0. The summed E-state index contributed by atoms with van der Waals surface area (Å²) in [6.45, 7) is 4.28. The molecule has 0 aromatic carbocycles. The van der Waals surface area contributed by atoms with E-state index in [-0.39, 0.29) is 50.6 Å². The van der Waals surface area contributed by atoms with E-state index in [4.69, 9.17) is 4.74 Å². The van der Waals surface area contributed by atoms with Crippen molar-refractivity contribution in [1.82, 2.24) is 20.3 Å². The quantitative estimate of drug-likeness (QED) is 0.215. The summed E-state index contributed by atoms with van der Waals surface area (Å²) in [5.74, 6) is -2.03. The van der Waals surface area contributed by atoms with Crippen molar-refractivity contribution in [3.05, 3.63) is 0 Å². The Morgan fingerprint density at radius 1 is 1.17 bits per heavy atom. The number of carbonyl (C=O) groups is 3. The number of aliphatic hydroxyl groups is 1. The van der Waals surface area contributed by atoms with Gasteiger partial charge in [-0.25, -0.2) is 25.9 Å². The van der Waals surface area contributed by atoms with E-state index < -0.39 is 61.7 Å². The van der Waals surface area contributed by atoms with Crippen LogP contribution in [0.1, 0.15) is 46.0 Å². The third-order valence-corrected chi connectivity index (χ3v) is 8.35. The second-order valence-corrected chi connectivity index (χ2v) is 13.1. The average Bonchev–Trinajstić information content (AvgIpc) is 3.15. The first kappa shape index (κ1) is 30.2. The smallest absolute Gasteiger partial charge is 0.408 e. The van der Waals surface area contributed by atoms with Gasteiger partial charge in [-0.1, -0.05) is 13.8 Å². The van der Waals surface area contributed by atoms with Crippen LogP contribution in [0.4, 0.5) is 4.79 Å². The molecule has 0 radical (unpaired) electrons. The SMILES string of the molecule is CC(C)C[C@H](NC(=O)OC1CCN(S(C)(=O)=O)CC1)C(=O)N[C@@H](C[C@@H]1CCNC1=O)C(O)S(=O)(=O)[O-]. The zero-order valence-electron chi connectivity index (χ0n) is 20.5. The largest absolute Gasteiger partial charge is 0.746 e. The van der Waals surface area contributed by atoms with Gasteiger partial charge in [0, 0.05) is 25.6 Å². The number of carbonyl (C=O) groups excluding carboxylic acids is 3. The van der Waals surface area contributed by atoms with E-state index in [1.54, 1.807) is 13.8 Å². The molecule has 0 saturated carbocycles. The van der Waals surface area contributed by atoms with Gasteiger partial charge in [0.2, 0.25) is 21.8 Å². The molecule has 36 heavy (non-hydrogen) atoms. The molecule has 2 aliphatic heterocycles. The average molecular weight is 556 g/mol. The maximum Gasteiger partial charge on any atom is 0.408 e. The predicted octanol–water partition coefficient (Wildman–Crippen LogP) is -1.57. The number of sulfonamides is 1. The van der Waals surface area contributed by atoms with Crippen LogP contribution >= 0.6 is 0 Å². The number of aliphatic hydroxyl groups excluding tert-OH is 1. The highest BCUT2D eigenvalue weighted by atomic mass is 32.2. The number of ether oxygens (including phenoxy) is 1. The van der Waals surface area contributed by atoms with Crippen LogP contribution in [0.5, 0.6) is 0 Å². The second kappa shape index (κ2) is 12.5. The Labute approximate surface area is 211 Å². The summed E-state index contributed by atoms with van der Waals surface area (Å²) in [5, 5.41) is 17.4. The summed E-state index contributed by atoms with van der Waals surface area (Å²) < 4.78 is 64.2. The summed E-state index contributed by atoms with van der Waals surface area (Å²) >= 11 is 0. The van der Waals surface area contributed by atoms with Crippen molar-refractivity contribution in [3.8, 4) is 0 Å². The molecule has 0 aromatic heterocycles. The van der Waals surface area contributed by atoms with Crippen molar-refractivity contribution < 1.29 is 45.6 Å². The molecule has 2 heterocycles. The molecule has 3 amide bonds. The first-order valence-corrected chi connectivity index (χ1v) is 15.0. The molecule has 0 aromatic rings. The summed E-state index contributed by atoms with van der Waals surface area (Å²) in [7, 11) is -8.56. The molecule has 0 spiro atoms. The topological polar surface area (TPSA) is 211 Å². The van der Waals surface area contributed by atoms with Crippen molar-refractivity contribution in [2.45, 2.75) is 69.6 Å². The van der Waals surface area contributed by atoms with Gasteiger partial charge in [-0.3, -0.25) is 9.59 Å². The lowest BCUT2D eigenvalue weighted by atomic mass is 9.97. The van der Waals surface area contributed by atoms with Crippen molar-refractivity contribution in [2.75, 3.05) is 25.9 Å². The van der Waals surface area contributed by atoms with Crippen LogP contribution in [-0.4, -0.2) is 98.2 Å². The third kappa shape index (κ3) is 9.14. The van der Waals surface area contributed by atoms with Crippen LogP contribution in [-0.2, 0) is 34.5 Å². The molecule has 1 unspecified atom stereocenters. The summed E-state index contributed by atoms with van der Waals surface area (Å²) in [5.41, 5.74) is -2.48. The van der Waals surface area contributed by atoms with E-state index in [0.717, 1.165) is 6.26 Å². The first-order chi connectivity index (χ1) is 16.6. The fraction of sp³-hybridized carbons (Fsp3) is 0.850. The molecule has 16 heteroatoms. The molecule has 2 fully saturated rings. The highest BCUT2D eigenvalue weighted by molar-refractivity contribution is 7.88. The number of hydrogen-bond donors (Lipinski definition) is 4. The van der Waals surface area contributed by atoms with Gasteiger partial charge in [-0.05, 0) is 38.0 Å². The minimum atomic E-state index is -5.21. The maximum atomic E-state index is 13.0. The van der Waals surface area contributed by atoms with Gasteiger partial charge in [0.1, 0.15) is 22.3 Å². The Morgan fingerprint density at radius 2 is 1.78 bits per heavy atom. The van der Waals surface area contributed by atoms with Gasteiger partial charge in [0.15, 0.2) is 5.44 Å². The van der Waals surface area contributed by atoms with Gasteiger partial charge in [0.05, 0.1) is 12.3 Å². The van der Waals surface area contributed by atoms with Crippen LogP contribution in [0.2, 0.25) is 0 Å². The van der Waals surface area contributed by atoms with Crippen LogP contribution in [0.3, 0.4) is 0 Å². The number of piperidine rings is 1. The Kier molecular flexibility index (Phi) is 10.5. The highest BCUT2D eigenvalue weighted by Crippen LogP contribution is 2.20. The Balaban J connectivity index is 2.05. The zero-order chi connectivity index (χ0) is 27.3. The van der Waals surface area contributed by atoms with Crippen molar-refractivity contribution >= 4 is 38.0 Å². The lowest BCUT2D eigenvalue weighted by Gasteiger charge is -2.31. The van der Waals surface area contributed by atoms with Crippen molar-refractivity contribution in [1.29, 1.82) is 0 Å². The lowest BCUT2D eigenvalue weighted by molar-refractivity contribution is -0.126. The number of nitrogens with one attached hydrogen (secondary N) is 3. The van der Waals surface area contributed by atoms with Crippen LogP contribution < -0.4 is 16.0 Å². The van der Waals surface area contributed by atoms with E-state index in [1.165, 1.54) is 4.31 Å². The van der Waals surface area contributed by atoms with Crippen LogP contribution in [0.15, 0.2) is 0 Å². The fourth-order valence-electron chi connectivity index (χ4n) is 4.22. The lowest BCUT2D eigenvalue weighted by Crippen LogP contribution is -2.55. The monoisotopic (exact) mass is 555 g/mol. The van der Waals surface area contributed by atoms with E-state index >= 15 is 0 Å². The number of alkyl carbamates (subject to hydrolysis) is 1. The molecule has 2 rings (SSSR count). The normalized spacial score (nSPS) is 22.5. The van der Waals surface area contributed by atoms with E-state index in [0.29, 0.717) is 13.0 Å². The van der Waals surface area contributed by atoms with Crippen LogP contribution in [0, 0.1) is 11.8 Å². The molecule has 0 bridgehead atoms. The van der Waals surface area contributed by atoms with Gasteiger partial charge in [-0.15, -0.1) is 0 Å². The predicted molar refractivity (Wildman–Crippen MR) is 126 cm³/mol. The Morgan fingerprint density at radius 3 is 2.25 bits per heavy atom. The molecule has 208 valence electrons. The van der Waals surface area contributed by atoms with E-state index in [1.807, 2.05) is 0 Å². The molecule has 2 saturated heterocycles. The molecule has 2 aliphatic rings. The Bertz CT molecular complexity index is 1010. The van der Waals surface area contributed by atoms with Crippen molar-refractivity contribution in [3.63, 3.8) is 0 Å². The number of amides is 3. The molecular weight excluding hydrogens is 520 g/mol. The summed E-state index contributed by atoms with van der Waals surface area (Å²) in [6, 6.07) is -2.75. The van der Waals surface area contributed by atoms with E-state index in [9.17, 15) is 40.9 Å². The number of hydrogen-bond acceptors (Lipinski definition) is 10. The second-order valence-electron chi connectivity index (χ2n) is 9.60. The van der Waals surface area contributed by atoms with Gasteiger partial charge < -0.3 is 30.3 Å². The molecule has 0 aliphatic carbocycles. The van der Waals surface area contributed by atoms with Gasteiger partial charge in [0.25, 0.3) is 0 Å². The minimum Gasteiger partial charge on any atom is -0.746 e. The van der Waals surface area contributed by atoms with Gasteiger partial charge in [-0.2, -0.15) is 0 Å². The summed E-state index contributed by atoms with van der Waals surface area (Å²) in [4.78, 5) is 37.4. The third-order valence-electron chi connectivity index (χ3n) is 6.13. The number of rotatable bonds is 11. The Hall–Kier alpha value is -2.01. The standard InChI is InChI=1S/C20H36N4O10S2/c1-12(2)10-15(23-20(28)34-14-5-8-24(9-6-14)35(3,29)30)18(26)22-16(19(27)36(31,32)33)11-13-4-7-21-17(13)25/h12-16,19,27H,4-11H2,1-3H3,(H,21,25)(H,22,26)(H,23,28)(H,31,32,33)/p-1/t13-,15-,16-,19?/m0/s1. The molecular formula is C20H35N4O10S2-. The number of nitrogens with zero attached hydrogens (tertiary/aromatic N) is 1. The highest BCUT2D eigenvalue weighted by Gasteiger charge is 2.36. The van der Waals surface area contributed by atoms with Gasteiger partial charge >= 0.3 is 6.09 Å². The van der Waals surface area contributed by atoms with Crippen LogP contribution in [0.25, 0.3) is 0 Å². The van der Waals surface area contributed by atoms with E-state index in [2.05, 4.69) is 16.0 Å². The molecule has 4 N–H and O–H groups in total. The molecule has 4 atom stereocenters. The molecule has 14 nitrogen and oxygen atoms in total. The minimum absolute atomic E-state index is 0.0914. The first-order valence-electron chi connectivity index (χ1n) is 11.7. The van der Waals surface area contributed by atoms with Crippen molar-refractivity contribution in [2.24, 2.45) is 11.8 Å². The fourth-order valence-corrected chi connectivity index (χ4v) is 5.68. The summed E-state index contributed by atoms with van der Waals surface area (Å²) in [6.07, 6.45) is 0.361. The zero-order valence-corrected chi connectivity index (χ0v) is 22.1.